The second kappa shape index (κ2) is 6.97. The third-order valence-corrected chi connectivity index (χ3v) is 6.14. The van der Waals surface area contributed by atoms with Crippen LogP contribution in [0.25, 0.3) is 0 Å². The van der Waals surface area contributed by atoms with Crippen molar-refractivity contribution in [1.29, 1.82) is 0 Å². The van der Waals surface area contributed by atoms with Gasteiger partial charge in [-0.2, -0.15) is 0 Å². The SMILES string of the molecule is COC1C(O)CC2CCC1(C1CCCC(c3cccc(CO)c3)O1)O2. The first-order chi connectivity index (χ1) is 12.2. The molecule has 6 atom stereocenters. The van der Waals surface area contributed by atoms with E-state index in [9.17, 15) is 10.2 Å². The number of aliphatic hydroxyl groups is 2. The molecule has 5 heteroatoms. The third kappa shape index (κ3) is 3.02. The van der Waals surface area contributed by atoms with E-state index in [-0.39, 0.29) is 31.0 Å². The smallest absolute Gasteiger partial charge is 0.123 e. The molecule has 2 N–H and O–H groups in total. The number of benzene rings is 1. The number of hydrogen-bond acceptors (Lipinski definition) is 5. The highest BCUT2D eigenvalue weighted by Crippen LogP contribution is 2.49. The molecule has 0 aromatic heterocycles. The highest BCUT2D eigenvalue weighted by molar-refractivity contribution is 5.25. The highest BCUT2D eigenvalue weighted by atomic mass is 16.6. The van der Waals surface area contributed by atoms with Crippen molar-refractivity contribution in [2.75, 3.05) is 7.11 Å². The minimum atomic E-state index is -0.537. The van der Waals surface area contributed by atoms with Crippen LogP contribution in [0.15, 0.2) is 24.3 Å². The van der Waals surface area contributed by atoms with Gasteiger partial charge in [-0.25, -0.2) is 0 Å². The Kier molecular flexibility index (Phi) is 4.86. The van der Waals surface area contributed by atoms with Crippen LogP contribution in [0.2, 0.25) is 0 Å². The van der Waals surface area contributed by atoms with Crippen LogP contribution >= 0.6 is 0 Å². The van der Waals surface area contributed by atoms with Crippen LogP contribution in [-0.2, 0) is 20.8 Å². The lowest BCUT2D eigenvalue weighted by atomic mass is 9.80. The van der Waals surface area contributed by atoms with Gasteiger partial charge in [0.05, 0.1) is 31.0 Å². The third-order valence-electron chi connectivity index (χ3n) is 6.14. The van der Waals surface area contributed by atoms with Crippen molar-refractivity contribution in [2.45, 2.75) is 81.3 Å². The molecule has 1 aromatic rings. The molecule has 138 valence electrons. The van der Waals surface area contributed by atoms with Crippen LogP contribution < -0.4 is 0 Å². The number of rotatable bonds is 4. The van der Waals surface area contributed by atoms with E-state index < -0.39 is 11.7 Å². The maximum Gasteiger partial charge on any atom is 0.123 e. The van der Waals surface area contributed by atoms with Gasteiger partial charge in [0, 0.05) is 13.5 Å². The van der Waals surface area contributed by atoms with Crippen molar-refractivity contribution in [3.05, 3.63) is 35.4 Å². The zero-order valence-corrected chi connectivity index (χ0v) is 14.8. The topological polar surface area (TPSA) is 68.2 Å². The first kappa shape index (κ1) is 17.4. The lowest BCUT2D eigenvalue weighted by Gasteiger charge is -2.49. The predicted molar refractivity (Wildman–Crippen MR) is 92.1 cm³/mol. The molecule has 0 spiro atoms. The molecular formula is C20H28O5. The molecule has 0 aliphatic carbocycles. The molecule has 25 heavy (non-hydrogen) atoms. The molecule has 3 aliphatic rings. The Balaban J connectivity index is 1.58. The summed E-state index contributed by atoms with van der Waals surface area (Å²) < 4.78 is 18.6. The summed E-state index contributed by atoms with van der Waals surface area (Å²) in [6.07, 6.45) is 4.64. The van der Waals surface area contributed by atoms with Gasteiger partial charge in [-0.15, -0.1) is 0 Å². The van der Waals surface area contributed by atoms with Crippen molar-refractivity contribution in [1.82, 2.24) is 0 Å². The highest BCUT2D eigenvalue weighted by Gasteiger charge is 2.59. The van der Waals surface area contributed by atoms with Crippen molar-refractivity contribution in [3.63, 3.8) is 0 Å². The molecule has 4 rings (SSSR count). The molecule has 5 nitrogen and oxygen atoms in total. The van der Waals surface area contributed by atoms with Crippen molar-refractivity contribution >= 4 is 0 Å². The van der Waals surface area contributed by atoms with Gasteiger partial charge in [0.25, 0.3) is 0 Å². The Morgan fingerprint density at radius 2 is 2.16 bits per heavy atom. The summed E-state index contributed by atoms with van der Waals surface area (Å²) in [5, 5.41) is 19.9. The standard InChI is InChI=1S/C20H28O5/c1-23-19-16(22)11-15-8-9-20(19,25-15)18-7-3-6-17(24-18)14-5-2-4-13(10-14)12-21/h2,4-5,10,15-19,21-22H,3,6-9,11-12H2,1H3. The second-order valence-electron chi connectivity index (χ2n) is 7.64. The summed E-state index contributed by atoms with van der Waals surface area (Å²) in [6.45, 7) is 0.0384. The Morgan fingerprint density at radius 1 is 1.28 bits per heavy atom. The van der Waals surface area contributed by atoms with Crippen LogP contribution in [0.1, 0.15) is 55.8 Å². The molecule has 0 amide bonds. The summed E-state index contributed by atoms with van der Waals surface area (Å²) in [4.78, 5) is 0. The number of methoxy groups -OCH3 is 1. The Labute approximate surface area is 148 Å². The average molecular weight is 348 g/mol. The van der Waals surface area contributed by atoms with Gasteiger partial charge < -0.3 is 24.4 Å². The fourth-order valence-electron chi connectivity index (χ4n) is 5.00. The molecule has 2 bridgehead atoms. The fourth-order valence-corrected chi connectivity index (χ4v) is 5.00. The molecule has 0 saturated carbocycles. The molecule has 1 aromatic carbocycles. The van der Waals surface area contributed by atoms with Crippen LogP contribution in [0.4, 0.5) is 0 Å². The Bertz CT molecular complexity index is 606. The van der Waals surface area contributed by atoms with Gasteiger partial charge in [-0.3, -0.25) is 0 Å². The quantitative estimate of drug-likeness (QED) is 0.875. The number of hydrogen-bond donors (Lipinski definition) is 2. The minimum absolute atomic E-state index is 0.00106. The molecule has 3 aliphatic heterocycles. The van der Waals surface area contributed by atoms with E-state index >= 15 is 0 Å². The Hall–Kier alpha value is -0.980. The van der Waals surface area contributed by atoms with Gasteiger partial charge in [0.15, 0.2) is 0 Å². The monoisotopic (exact) mass is 348 g/mol. The molecule has 3 heterocycles. The van der Waals surface area contributed by atoms with Crippen LogP contribution in [0, 0.1) is 0 Å². The van der Waals surface area contributed by atoms with Crippen LogP contribution in [0.3, 0.4) is 0 Å². The summed E-state index contributed by atoms with van der Waals surface area (Å²) in [6, 6.07) is 7.97. The number of fused-ring (bicyclic) bond motifs is 2. The van der Waals surface area contributed by atoms with Gasteiger partial charge >= 0.3 is 0 Å². The van der Waals surface area contributed by atoms with Crippen molar-refractivity contribution < 1.29 is 24.4 Å². The van der Waals surface area contributed by atoms with Crippen molar-refractivity contribution in [2.24, 2.45) is 0 Å². The fraction of sp³-hybridized carbons (Fsp3) is 0.700. The lowest BCUT2D eigenvalue weighted by Crippen LogP contribution is -2.61. The lowest BCUT2D eigenvalue weighted by molar-refractivity contribution is -0.262. The predicted octanol–water partition coefficient (Wildman–Crippen LogP) is 2.49. The van der Waals surface area contributed by atoms with E-state index in [4.69, 9.17) is 14.2 Å². The first-order valence-electron chi connectivity index (χ1n) is 9.40. The molecule has 3 fully saturated rings. The zero-order valence-electron chi connectivity index (χ0n) is 14.8. The van der Waals surface area contributed by atoms with Gasteiger partial charge in [0.2, 0.25) is 0 Å². The largest absolute Gasteiger partial charge is 0.392 e. The van der Waals surface area contributed by atoms with Gasteiger partial charge in [0.1, 0.15) is 11.7 Å². The zero-order chi connectivity index (χ0) is 17.4. The van der Waals surface area contributed by atoms with E-state index in [1.165, 1.54) is 0 Å². The van der Waals surface area contributed by atoms with Crippen LogP contribution in [0.5, 0.6) is 0 Å². The van der Waals surface area contributed by atoms with E-state index in [0.29, 0.717) is 6.42 Å². The van der Waals surface area contributed by atoms with Gasteiger partial charge in [-0.1, -0.05) is 24.3 Å². The second-order valence-corrected chi connectivity index (χ2v) is 7.64. The molecule has 6 unspecified atom stereocenters. The summed E-state index contributed by atoms with van der Waals surface area (Å²) >= 11 is 0. The number of ether oxygens (including phenoxy) is 3. The molecular weight excluding hydrogens is 320 g/mol. The summed E-state index contributed by atoms with van der Waals surface area (Å²) in [7, 11) is 1.66. The molecule has 0 radical (unpaired) electrons. The average Bonchev–Trinajstić information content (AvgIpc) is 3.01. The Morgan fingerprint density at radius 3 is 2.96 bits per heavy atom. The summed E-state index contributed by atoms with van der Waals surface area (Å²) in [5.74, 6) is 0. The minimum Gasteiger partial charge on any atom is -0.392 e. The maximum absolute atomic E-state index is 10.5. The van der Waals surface area contributed by atoms with Crippen LogP contribution in [-0.4, -0.2) is 47.3 Å². The summed E-state index contributed by atoms with van der Waals surface area (Å²) in [5.41, 5.74) is 1.47. The first-order valence-corrected chi connectivity index (χ1v) is 9.40. The van der Waals surface area contributed by atoms with E-state index in [2.05, 4.69) is 6.07 Å². The van der Waals surface area contributed by atoms with E-state index in [1.807, 2.05) is 18.2 Å². The van der Waals surface area contributed by atoms with E-state index in [0.717, 1.165) is 43.2 Å². The molecule has 3 saturated heterocycles. The normalized spacial score (nSPS) is 41.0. The van der Waals surface area contributed by atoms with Crippen molar-refractivity contribution in [3.8, 4) is 0 Å². The van der Waals surface area contributed by atoms with E-state index in [1.54, 1.807) is 7.11 Å². The van der Waals surface area contributed by atoms with Gasteiger partial charge in [-0.05, 0) is 43.2 Å². The maximum atomic E-state index is 10.5. The number of aliphatic hydroxyl groups excluding tert-OH is 2.